The molecule has 1 aromatic carbocycles. The second-order valence-electron chi connectivity index (χ2n) is 7.70. The molecule has 6 heteroatoms. The van der Waals surface area contributed by atoms with Gasteiger partial charge in [0.15, 0.2) is 11.5 Å². The highest BCUT2D eigenvalue weighted by molar-refractivity contribution is 5.94. The molecule has 3 rings (SSSR count). The molecule has 29 heavy (non-hydrogen) atoms. The van der Waals surface area contributed by atoms with E-state index in [1.165, 1.54) is 0 Å². The van der Waals surface area contributed by atoms with Gasteiger partial charge >= 0.3 is 0 Å². The van der Waals surface area contributed by atoms with E-state index in [2.05, 4.69) is 0 Å². The Kier molecular flexibility index (Phi) is 6.30. The molecular formula is C23H30N2O4. The maximum Gasteiger partial charge on any atom is 0.263 e. The summed E-state index contributed by atoms with van der Waals surface area (Å²) in [6.45, 7) is 5.31. The van der Waals surface area contributed by atoms with Crippen LogP contribution in [-0.2, 0) is 19.9 Å². The lowest BCUT2D eigenvalue weighted by Crippen LogP contribution is -2.36. The highest BCUT2D eigenvalue weighted by Crippen LogP contribution is 2.30. The van der Waals surface area contributed by atoms with E-state index >= 15 is 0 Å². The highest BCUT2D eigenvalue weighted by atomic mass is 16.5. The molecule has 156 valence electrons. The molecule has 1 atom stereocenters. The van der Waals surface area contributed by atoms with Crippen molar-refractivity contribution in [3.63, 3.8) is 0 Å². The first-order chi connectivity index (χ1) is 13.9. The number of hydrogen-bond donors (Lipinski definition) is 0. The van der Waals surface area contributed by atoms with Crippen LogP contribution < -0.4 is 15.0 Å². The summed E-state index contributed by atoms with van der Waals surface area (Å²) < 4.78 is 12.3. The molecule has 1 amide bonds. The number of aryl methyl sites for hydroxylation is 1. The molecule has 1 fully saturated rings. The van der Waals surface area contributed by atoms with Gasteiger partial charge in [0.1, 0.15) is 5.56 Å². The Balaban J connectivity index is 1.73. The third-order valence-corrected chi connectivity index (χ3v) is 5.87. The van der Waals surface area contributed by atoms with E-state index < -0.39 is 0 Å². The zero-order chi connectivity index (χ0) is 21.1. The zero-order valence-electron chi connectivity index (χ0n) is 17.9. The quantitative estimate of drug-likeness (QED) is 0.751. The van der Waals surface area contributed by atoms with Gasteiger partial charge in [-0.1, -0.05) is 13.0 Å². The van der Waals surface area contributed by atoms with Gasteiger partial charge in [0.05, 0.1) is 14.2 Å². The van der Waals surface area contributed by atoms with E-state index in [1.807, 2.05) is 36.9 Å². The third-order valence-electron chi connectivity index (χ3n) is 5.87. The third kappa shape index (κ3) is 4.16. The monoisotopic (exact) mass is 398 g/mol. The number of rotatable bonds is 6. The van der Waals surface area contributed by atoms with Crippen LogP contribution in [0, 0.1) is 12.8 Å². The maximum absolute atomic E-state index is 13.0. The van der Waals surface area contributed by atoms with Crippen LogP contribution in [0.15, 0.2) is 29.1 Å². The summed E-state index contributed by atoms with van der Waals surface area (Å²) >= 11 is 0. The van der Waals surface area contributed by atoms with Crippen molar-refractivity contribution in [2.75, 3.05) is 27.3 Å². The fourth-order valence-corrected chi connectivity index (χ4v) is 4.29. The van der Waals surface area contributed by atoms with Gasteiger partial charge in [-0.15, -0.1) is 0 Å². The summed E-state index contributed by atoms with van der Waals surface area (Å²) in [5.74, 6) is 1.62. The van der Waals surface area contributed by atoms with Crippen molar-refractivity contribution >= 4 is 5.91 Å². The standard InChI is InChI=1S/C23H30N2O4/c1-6-19-15(2)11-18(22(26)24(19)3)23(27)25-10-9-17(14-25)12-16-7-8-20(28-4)21(13-16)29-5/h7-8,11,13,17H,6,9-10,12,14H2,1-5H3. The van der Waals surface area contributed by atoms with Crippen LogP contribution in [0.4, 0.5) is 0 Å². The van der Waals surface area contributed by atoms with Crippen molar-refractivity contribution in [2.24, 2.45) is 13.0 Å². The molecule has 0 spiro atoms. The lowest BCUT2D eigenvalue weighted by Gasteiger charge is -2.19. The van der Waals surface area contributed by atoms with E-state index in [4.69, 9.17) is 9.47 Å². The molecule has 1 unspecified atom stereocenters. The molecule has 2 heterocycles. The van der Waals surface area contributed by atoms with Crippen molar-refractivity contribution in [3.8, 4) is 11.5 Å². The van der Waals surface area contributed by atoms with Gasteiger partial charge in [-0.3, -0.25) is 9.59 Å². The molecular weight excluding hydrogens is 368 g/mol. The van der Waals surface area contributed by atoms with E-state index in [0.717, 1.165) is 36.1 Å². The Bertz CT molecular complexity index is 964. The average Bonchev–Trinajstić information content (AvgIpc) is 3.19. The average molecular weight is 399 g/mol. The van der Waals surface area contributed by atoms with Crippen LogP contribution in [0.2, 0.25) is 0 Å². The van der Waals surface area contributed by atoms with Crippen molar-refractivity contribution in [2.45, 2.75) is 33.1 Å². The second kappa shape index (κ2) is 8.72. The number of methoxy groups -OCH3 is 2. The minimum absolute atomic E-state index is 0.161. The number of hydrogen-bond acceptors (Lipinski definition) is 4. The van der Waals surface area contributed by atoms with E-state index in [0.29, 0.717) is 30.5 Å². The van der Waals surface area contributed by atoms with Gasteiger partial charge in [-0.05, 0) is 61.4 Å². The number of aromatic nitrogens is 1. The number of carbonyl (C=O) groups excluding carboxylic acids is 1. The Morgan fingerprint density at radius 1 is 1.17 bits per heavy atom. The molecule has 0 saturated carbocycles. The summed E-state index contributed by atoms with van der Waals surface area (Å²) in [4.78, 5) is 27.5. The Morgan fingerprint density at radius 3 is 2.55 bits per heavy atom. The number of ether oxygens (including phenoxy) is 2. The van der Waals surface area contributed by atoms with Crippen molar-refractivity contribution in [1.29, 1.82) is 0 Å². The first-order valence-corrected chi connectivity index (χ1v) is 10.1. The van der Waals surface area contributed by atoms with Crippen LogP contribution in [0.1, 0.15) is 40.5 Å². The molecule has 0 radical (unpaired) electrons. The van der Waals surface area contributed by atoms with Crippen molar-refractivity contribution in [1.82, 2.24) is 9.47 Å². The van der Waals surface area contributed by atoms with Gasteiger partial charge in [-0.2, -0.15) is 0 Å². The van der Waals surface area contributed by atoms with Crippen LogP contribution in [0.25, 0.3) is 0 Å². The largest absolute Gasteiger partial charge is 0.493 e. The summed E-state index contributed by atoms with van der Waals surface area (Å²) in [6.07, 6.45) is 2.55. The second-order valence-corrected chi connectivity index (χ2v) is 7.70. The van der Waals surface area contributed by atoms with Gasteiger partial charge in [0.25, 0.3) is 11.5 Å². The number of nitrogens with zero attached hydrogens (tertiary/aromatic N) is 2. The van der Waals surface area contributed by atoms with E-state index in [-0.39, 0.29) is 17.0 Å². The lowest BCUT2D eigenvalue weighted by atomic mass is 9.98. The number of benzene rings is 1. The maximum atomic E-state index is 13.0. The van der Waals surface area contributed by atoms with Gasteiger partial charge in [0.2, 0.25) is 0 Å². The van der Waals surface area contributed by atoms with Gasteiger partial charge < -0.3 is 18.9 Å². The first-order valence-electron chi connectivity index (χ1n) is 10.1. The minimum atomic E-state index is -0.208. The fraction of sp³-hybridized carbons (Fsp3) is 0.478. The predicted octanol–water partition coefficient (Wildman–Crippen LogP) is 2.98. The Labute approximate surface area is 172 Å². The molecule has 1 aliphatic heterocycles. The summed E-state index contributed by atoms with van der Waals surface area (Å²) in [7, 11) is 5.00. The topological polar surface area (TPSA) is 60.8 Å². The normalized spacial score (nSPS) is 16.2. The SMILES string of the molecule is CCc1c(C)cc(C(=O)N2CCC(Cc3ccc(OC)c(OC)c3)C2)c(=O)n1C. The first kappa shape index (κ1) is 21.0. The summed E-state index contributed by atoms with van der Waals surface area (Å²) in [6, 6.07) is 7.69. The highest BCUT2D eigenvalue weighted by Gasteiger charge is 2.29. The van der Waals surface area contributed by atoms with E-state index in [1.54, 1.807) is 31.9 Å². The van der Waals surface area contributed by atoms with Crippen molar-refractivity contribution in [3.05, 3.63) is 57.0 Å². The number of amides is 1. The molecule has 1 aliphatic rings. The van der Waals surface area contributed by atoms with Crippen molar-refractivity contribution < 1.29 is 14.3 Å². The van der Waals surface area contributed by atoms with Crippen LogP contribution in [0.3, 0.4) is 0 Å². The summed E-state index contributed by atoms with van der Waals surface area (Å²) in [5.41, 5.74) is 3.18. The lowest BCUT2D eigenvalue weighted by molar-refractivity contribution is 0.0784. The number of pyridine rings is 1. The number of carbonyl (C=O) groups is 1. The zero-order valence-corrected chi connectivity index (χ0v) is 17.9. The fourth-order valence-electron chi connectivity index (χ4n) is 4.29. The van der Waals surface area contributed by atoms with Gasteiger partial charge in [-0.25, -0.2) is 0 Å². The van der Waals surface area contributed by atoms with Crippen LogP contribution in [-0.4, -0.2) is 42.7 Å². The predicted molar refractivity (Wildman–Crippen MR) is 113 cm³/mol. The smallest absolute Gasteiger partial charge is 0.263 e. The van der Waals surface area contributed by atoms with Crippen LogP contribution >= 0.6 is 0 Å². The summed E-state index contributed by atoms with van der Waals surface area (Å²) in [5, 5.41) is 0. The Hall–Kier alpha value is -2.76. The molecule has 0 bridgehead atoms. The molecule has 2 aromatic rings. The molecule has 0 N–H and O–H groups in total. The molecule has 0 aliphatic carbocycles. The Morgan fingerprint density at radius 2 is 1.90 bits per heavy atom. The van der Waals surface area contributed by atoms with Gasteiger partial charge in [0, 0.05) is 25.8 Å². The minimum Gasteiger partial charge on any atom is -0.493 e. The molecule has 6 nitrogen and oxygen atoms in total. The van der Waals surface area contributed by atoms with E-state index in [9.17, 15) is 9.59 Å². The van der Waals surface area contributed by atoms with Crippen LogP contribution in [0.5, 0.6) is 11.5 Å². The molecule has 1 saturated heterocycles. The molecule has 1 aromatic heterocycles. The number of likely N-dealkylation sites (tertiary alicyclic amines) is 1.